The summed E-state index contributed by atoms with van der Waals surface area (Å²) < 4.78 is 8.20. The summed E-state index contributed by atoms with van der Waals surface area (Å²) in [6.45, 7) is 8.72. The Morgan fingerprint density at radius 3 is 2.54 bits per heavy atom. The number of fused-ring (bicyclic) bond motifs is 1. The monoisotopic (exact) mass is 474 g/mol. The van der Waals surface area contributed by atoms with Crippen molar-refractivity contribution in [3.05, 3.63) is 59.3 Å². The first-order valence-electron chi connectivity index (χ1n) is 13.4. The van der Waals surface area contributed by atoms with E-state index < -0.39 is 0 Å². The smallest absolute Gasteiger partial charge is 0.260 e. The number of aryl methyl sites for hydroxylation is 1. The van der Waals surface area contributed by atoms with Crippen molar-refractivity contribution in [2.45, 2.75) is 58.1 Å². The minimum absolute atomic E-state index is 0.0387. The van der Waals surface area contributed by atoms with Gasteiger partial charge in [-0.15, -0.1) is 0 Å². The van der Waals surface area contributed by atoms with E-state index in [9.17, 15) is 4.79 Å². The lowest BCUT2D eigenvalue weighted by atomic mass is 9.96. The molecular weight excluding hydrogens is 436 g/mol. The number of hydrogen-bond donors (Lipinski definition) is 1. The van der Waals surface area contributed by atoms with Crippen molar-refractivity contribution in [1.82, 2.24) is 19.8 Å². The van der Waals surface area contributed by atoms with Crippen molar-refractivity contribution >= 4 is 10.8 Å². The molecule has 2 aliphatic rings. The van der Waals surface area contributed by atoms with Gasteiger partial charge in [-0.05, 0) is 80.3 Å². The molecule has 2 aliphatic heterocycles. The van der Waals surface area contributed by atoms with Crippen LogP contribution in [0.4, 0.5) is 0 Å². The van der Waals surface area contributed by atoms with E-state index in [1.165, 1.54) is 32.5 Å². The molecule has 0 spiro atoms. The molecule has 186 valence electrons. The molecule has 2 saturated heterocycles. The summed E-state index contributed by atoms with van der Waals surface area (Å²) in [5.74, 6) is 1.78. The lowest BCUT2D eigenvalue weighted by Gasteiger charge is -2.35. The first kappa shape index (κ1) is 24.0. The Kier molecular flexibility index (Phi) is 7.79. The van der Waals surface area contributed by atoms with E-state index in [1.54, 1.807) is 12.4 Å². The third-order valence-corrected chi connectivity index (χ3v) is 7.62. The van der Waals surface area contributed by atoms with Crippen LogP contribution in [-0.4, -0.2) is 53.3 Å². The minimum Gasteiger partial charge on any atom is -0.490 e. The lowest BCUT2D eigenvalue weighted by Crippen LogP contribution is -2.42. The van der Waals surface area contributed by atoms with Gasteiger partial charge in [-0.1, -0.05) is 25.5 Å². The summed E-state index contributed by atoms with van der Waals surface area (Å²) in [5.41, 5.74) is 2.20. The predicted molar refractivity (Wildman–Crippen MR) is 142 cm³/mol. The highest BCUT2D eigenvalue weighted by Crippen LogP contribution is 2.29. The van der Waals surface area contributed by atoms with Gasteiger partial charge in [0.25, 0.3) is 5.56 Å². The zero-order valence-electron chi connectivity index (χ0n) is 20.9. The lowest BCUT2D eigenvalue weighted by molar-refractivity contribution is 0.0873. The van der Waals surface area contributed by atoms with Gasteiger partial charge in [0, 0.05) is 50.3 Å². The summed E-state index contributed by atoms with van der Waals surface area (Å²) >= 11 is 0. The van der Waals surface area contributed by atoms with E-state index in [0.29, 0.717) is 5.39 Å². The SMILES string of the molecule is CCCCn1cc(-c2ccc(OC3CCN(CC4CCNCC4)CC3)cc2)c2ccncc2c1=O. The number of pyridine rings is 2. The number of aromatic nitrogens is 2. The predicted octanol–water partition coefficient (Wildman–Crippen LogP) is 4.71. The van der Waals surface area contributed by atoms with Crippen molar-refractivity contribution in [3.63, 3.8) is 0 Å². The maximum absolute atomic E-state index is 12.9. The average molecular weight is 475 g/mol. The van der Waals surface area contributed by atoms with Crippen molar-refractivity contribution in [2.75, 3.05) is 32.7 Å². The summed E-state index contributed by atoms with van der Waals surface area (Å²) in [6.07, 6.45) is 12.6. The fourth-order valence-electron chi connectivity index (χ4n) is 5.51. The summed E-state index contributed by atoms with van der Waals surface area (Å²) in [5, 5.41) is 5.10. The van der Waals surface area contributed by atoms with Crippen LogP contribution < -0.4 is 15.6 Å². The van der Waals surface area contributed by atoms with Gasteiger partial charge in [0.1, 0.15) is 11.9 Å². The highest BCUT2D eigenvalue weighted by molar-refractivity contribution is 5.95. The number of nitrogens with zero attached hydrogens (tertiary/aromatic N) is 3. The van der Waals surface area contributed by atoms with Gasteiger partial charge in [0.15, 0.2) is 0 Å². The van der Waals surface area contributed by atoms with E-state index in [4.69, 9.17) is 4.74 Å². The molecule has 6 heteroatoms. The zero-order chi connectivity index (χ0) is 24.0. The van der Waals surface area contributed by atoms with Gasteiger partial charge in [0.2, 0.25) is 0 Å². The fraction of sp³-hybridized carbons (Fsp3) is 0.517. The minimum atomic E-state index is 0.0387. The number of rotatable bonds is 8. The van der Waals surface area contributed by atoms with Crippen LogP contribution in [0.2, 0.25) is 0 Å². The number of ether oxygens (including phenoxy) is 1. The number of likely N-dealkylation sites (tertiary alicyclic amines) is 1. The fourth-order valence-corrected chi connectivity index (χ4v) is 5.51. The maximum atomic E-state index is 12.9. The first-order valence-corrected chi connectivity index (χ1v) is 13.4. The van der Waals surface area contributed by atoms with Gasteiger partial charge in [-0.2, -0.15) is 0 Å². The molecule has 0 bridgehead atoms. The third kappa shape index (κ3) is 5.76. The number of unbranched alkanes of at least 4 members (excludes halogenated alkanes) is 1. The first-order chi connectivity index (χ1) is 17.2. The van der Waals surface area contributed by atoms with E-state index in [-0.39, 0.29) is 11.7 Å². The molecule has 2 fully saturated rings. The largest absolute Gasteiger partial charge is 0.490 e. The van der Waals surface area contributed by atoms with Crippen LogP contribution in [-0.2, 0) is 6.54 Å². The van der Waals surface area contributed by atoms with Crippen LogP contribution in [0.25, 0.3) is 21.9 Å². The zero-order valence-corrected chi connectivity index (χ0v) is 20.9. The molecule has 0 radical (unpaired) electrons. The highest BCUT2D eigenvalue weighted by Gasteiger charge is 2.23. The molecule has 1 N–H and O–H groups in total. The molecule has 2 aromatic heterocycles. The number of piperidine rings is 2. The van der Waals surface area contributed by atoms with E-state index >= 15 is 0 Å². The Morgan fingerprint density at radius 2 is 1.80 bits per heavy atom. The topological polar surface area (TPSA) is 59.4 Å². The van der Waals surface area contributed by atoms with Gasteiger partial charge in [0.05, 0.1) is 5.39 Å². The van der Waals surface area contributed by atoms with E-state index in [0.717, 1.165) is 73.5 Å². The van der Waals surface area contributed by atoms with Gasteiger partial charge >= 0.3 is 0 Å². The molecule has 35 heavy (non-hydrogen) atoms. The van der Waals surface area contributed by atoms with Crippen LogP contribution in [0, 0.1) is 5.92 Å². The van der Waals surface area contributed by atoms with Crippen LogP contribution in [0.3, 0.4) is 0 Å². The molecule has 5 rings (SSSR count). The molecule has 0 aliphatic carbocycles. The standard InChI is InChI=1S/C29H38N4O2/c1-2-3-16-33-21-28(26-10-15-31-19-27(26)29(33)34)23-4-6-24(7-5-23)35-25-11-17-32(18-12-25)20-22-8-13-30-14-9-22/h4-7,10,15,19,21-22,25,30H,2-3,8-9,11-14,16-18,20H2,1H3. The highest BCUT2D eigenvalue weighted by atomic mass is 16.5. The van der Waals surface area contributed by atoms with Crippen LogP contribution in [0.15, 0.2) is 53.7 Å². The quantitative estimate of drug-likeness (QED) is 0.513. The normalized spacial score (nSPS) is 18.2. The Hall–Kier alpha value is -2.70. The summed E-state index contributed by atoms with van der Waals surface area (Å²) in [7, 11) is 0. The van der Waals surface area contributed by atoms with E-state index in [1.807, 2.05) is 16.8 Å². The van der Waals surface area contributed by atoms with Crippen molar-refractivity contribution in [2.24, 2.45) is 5.92 Å². The molecule has 0 atom stereocenters. The second kappa shape index (κ2) is 11.4. The third-order valence-electron chi connectivity index (χ3n) is 7.62. The second-order valence-electron chi connectivity index (χ2n) is 10.2. The maximum Gasteiger partial charge on any atom is 0.260 e. The van der Waals surface area contributed by atoms with Crippen LogP contribution in [0.1, 0.15) is 45.4 Å². The van der Waals surface area contributed by atoms with Crippen molar-refractivity contribution < 1.29 is 4.74 Å². The number of benzene rings is 1. The Balaban J connectivity index is 1.25. The number of nitrogens with one attached hydrogen (secondary N) is 1. The van der Waals surface area contributed by atoms with Crippen molar-refractivity contribution in [1.29, 1.82) is 0 Å². The summed E-state index contributed by atoms with van der Waals surface area (Å²) in [4.78, 5) is 19.8. The molecule has 0 unspecified atom stereocenters. The second-order valence-corrected chi connectivity index (χ2v) is 10.2. The molecule has 1 aromatic carbocycles. The Labute approximate surface area is 208 Å². The molecule has 0 saturated carbocycles. The van der Waals surface area contributed by atoms with Crippen LogP contribution >= 0.6 is 0 Å². The van der Waals surface area contributed by atoms with E-state index in [2.05, 4.69) is 46.4 Å². The summed E-state index contributed by atoms with van der Waals surface area (Å²) in [6, 6.07) is 10.3. The Bertz CT molecular complexity index is 1160. The molecular formula is C29H38N4O2. The molecule has 4 heterocycles. The molecule has 3 aromatic rings. The van der Waals surface area contributed by atoms with Crippen molar-refractivity contribution in [3.8, 4) is 16.9 Å². The van der Waals surface area contributed by atoms with Crippen LogP contribution in [0.5, 0.6) is 5.75 Å². The van der Waals surface area contributed by atoms with Gasteiger partial charge in [-0.25, -0.2) is 0 Å². The van der Waals surface area contributed by atoms with Gasteiger partial charge < -0.3 is 19.5 Å². The number of hydrogen-bond acceptors (Lipinski definition) is 5. The van der Waals surface area contributed by atoms with Gasteiger partial charge in [-0.3, -0.25) is 9.78 Å². The molecule has 0 amide bonds. The Morgan fingerprint density at radius 1 is 1.03 bits per heavy atom. The average Bonchev–Trinajstić information content (AvgIpc) is 2.91. The molecule has 6 nitrogen and oxygen atoms in total.